The number of piperidine rings is 1. The Morgan fingerprint density at radius 2 is 2.04 bits per heavy atom. The minimum atomic E-state index is 0.522. The van der Waals surface area contributed by atoms with Crippen molar-refractivity contribution in [2.45, 2.75) is 19.4 Å². The van der Waals surface area contributed by atoms with Gasteiger partial charge in [0.2, 0.25) is 0 Å². The zero-order chi connectivity index (χ0) is 18.5. The van der Waals surface area contributed by atoms with E-state index in [1.165, 1.54) is 21.1 Å². The number of hydrazine groups is 2. The van der Waals surface area contributed by atoms with Crippen molar-refractivity contribution in [2.24, 2.45) is 10.9 Å². The van der Waals surface area contributed by atoms with Gasteiger partial charge in [-0.2, -0.15) is 0 Å². The Kier molecular flexibility index (Phi) is 3.75. The van der Waals surface area contributed by atoms with Gasteiger partial charge in [0.25, 0.3) is 0 Å². The van der Waals surface area contributed by atoms with Gasteiger partial charge in [-0.15, -0.1) is 16.9 Å². The van der Waals surface area contributed by atoms with Crippen molar-refractivity contribution in [1.29, 1.82) is 0 Å². The number of benzene rings is 1. The summed E-state index contributed by atoms with van der Waals surface area (Å²) < 4.78 is 1.28. The average molecular weight is 392 g/mol. The second-order valence-electron chi connectivity index (χ2n) is 7.48. The summed E-state index contributed by atoms with van der Waals surface area (Å²) in [6.45, 7) is 3.13. The Hall–Kier alpha value is -2.68. The number of aromatic amines is 1. The first-order chi connectivity index (χ1) is 13.8. The number of hydrogen-bond donors (Lipinski definition) is 3. The molecule has 142 valence electrons. The van der Waals surface area contributed by atoms with Crippen molar-refractivity contribution >= 4 is 39.4 Å². The highest BCUT2D eigenvalue weighted by atomic mass is 32.1. The molecular formula is C20H21N7S. The second-order valence-corrected chi connectivity index (χ2v) is 8.59. The molecule has 5 heterocycles. The largest absolute Gasteiger partial charge is 0.346 e. The monoisotopic (exact) mass is 391 g/mol. The van der Waals surface area contributed by atoms with Gasteiger partial charge >= 0.3 is 0 Å². The molecule has 0 spiro atoms. The highest BCUT2D eigenvalue weighted by molar-refractivity contribution is 7.18. The number of fused-ring (bicyclic) bond motifs is 4. The molecule has 6 rings (SSSR count). The number of thiazole rings is 1. The molecule has 0 aliphatic carbocycles. The van der Waals surface area contributed by atoms with Gasteiger partial charge in [0.1, 0.15) is 17.2 Å². The normalized spacial score (nSPS) is 19.9. The lowest BCUT2D eigenvalue weighted by atomic mass is 9.91. The minimum Gasteiger partial charge on any atom is -0.346 e. The Bertz CT molecular complexity index is 1050. The topological polar surface area (TPSA) is 71.6 Å². The van der Waals surface area contributed by atoms with Crippen molar-refractivity contribution in [3.8, 4) is 0 Å². The van der Waals surface area contributed by atoms with Gasteiger partial charge in [-0.1, -0.05) is 12.1 Å². The number of allylic oxidation sites excluding steroid dienone is 1. The molecule has 0 amide bonds. The van der Waals surface area contributed by atoms with E-state index in [4.69, 9.17) is 4.98 Å². The molecule has 3 aliphatic rings. The summed E-state index contributed by atoms with van der Waals surface area (Å²) in [6.07, 6.45) is 6.07. The van der Waals surface area contributed by atoms with Gasteiger partial charge in [0.15, 0.2) is 0 Å². The van der Waals surface area contributed by atoms with Gasteiger partial charge in [-0.05, 0) is 44.1 Å². The maximum atomic E-state index is 4.80. The molecule has 0 unspecified atom stereocenters. The van der Waals surface area contributed by atoms with Crippen molar-refractivity contribution in [3.05, 3.63) is 52.8 Å². The number of aromatic nitrogens is 2. The molecule has 0 bridgehead atoms. The van der Waals surface area contributed by atoms with Crippen molar-refractivity contribution < 1.29 is 0 Å². The number of aliphatic imine (C=N–C) groups is 1. The zero-order valence-electron chi connectivity index (χ0n) is 15.4. The molecular weight excluding hydrogens is 370 g/mol. The third-order valence-corrected chi connectivity index (χ3v) is 6.80. The Morgan fingerprint density at radius 1 is 1.14 bits per heavy atom. The third-order valence-electron chi connectivity index (χ3n) is 5.78. The molecule has 28 heavy (non-hydrogen) atoms. The van der Waals surface area contributed by atoms with Crippen LogP contribution in [0, 0.1) is 5.92 Å². The molecule has 0 radical (unpaired) electrons. The molecule has 3 aliphatic heterocycles. The predicted molar refractivity (Wildman–Crippen MR) is 112 cm³/mol. The Labute approximate surface area is 166 Å². The van der Waals surface area contributed by atoms with Gasteiger partial charge in [-0.3, -0.25) is 4.90 Å². The van der Waals surface area contributed by atoms with E-state index in [9.17, 15) is 0 Å². The van der Waals surface area contributed by atoms with E-state index in [1.54, 1.807) is 0 Å². The van der Waals surface area contributed by atoms with Crippen LogP contribution < -0.4 is 11.0 Å². The number of para-hydroxylation sites is 1. The van der Waals surface area contributed by atoms with E-state index in [1.807, 2.05) is 28.9 Å². The van der Waals surface area contributed by atoms with Gasteiger partial charge in [0.05, 0.1) is 28.2 Å². The lowest BCUT2D eigenvalue weighted by Gasteiger charge is -2.32. The Balaban J connectivity index is 1.17. The number of hydrogen-bond acceptors (Lipinski definition) is 7. The van der Waals surface area contributed by atoms with Gasteiger partial charge in [-0.25, -0.2) is 15.0 Å². The van der Waals surface area contributed by atoms with Crippen LogP contribution >= 0.6 is 11.3 Å². The summed E-state index contributed by atoms with van der Waals surface area (Å²) in [5.41, 5.74) is 11.4. The maximum Gasteiger partial charge on any atom is 0.141 e. The van der Waals surface area contributed by atoms with Crippen molar-refractivity contribution in [1.82, 2.24) is 30.8 Å². The fraction of sp³-hybridized carbons (Fsp3) is 0.300. The molecule has 0 saturated carbocycles. The van der Waals surface area contributed by atoms with Crippen LogP contribution in [0.4, 0.5) is 5.82 Å². The smallest absolute Gasteiger partial charge is 0.141 e. The van der Waals surface area contributed by atoms with Crippen LogP contribution in [0.15, 0.2) is 47.2 Å². The third kappa shape index (κ3) is 2.64. The van der Waals surface area contributed by atoms with Gasteiger partial charge in [0, 0.05) is 17.7 Å². The SMILES string of the molecule is C1=Nc2[nH]ccc2C2=C(C3CCN(Cc4nc5ccccc5s4)CC3)NNN12. The molecule has 0 atom stereocenters. The summed E-state index contributed by atoms with van der Waals surface area (Å²) in [6, 6.07) is 10.5. The summed E-state index contributed by atoms with van der Waals surface area (Å²) in [7, 11) is 0. The fourth-order valence-corrected chi connectivity index (χ4v) is 5.36. The molecule has 3 N–H and O–H groups in total. The van der Waals surface area contributed by atoms with E-state index in [2.05, 4.69) is 56.2 Å². The first kappa shape index (κ1) is 16.3. The van der Waals surface area contributed by atoms with Crippen LogP contribution in [-0.4, -0.2) is 39.3 Å². The van der Waals surface area contributed by atoms with Crippen molar-refractivity contribution in [2.75, 3.05) is 13.1 Å². The van der Waals surface area contributed by atoms with Crippen LogP contribution in [0.25, 0.3) is 15.9 Å². The molecule has 1 saturated heterocycles. The molecule has 3 aromatic rings. The summed E-state index contributed by atoms with van der Waals surface area (Å²) in [4.78, 5) is 15.0. The lowest BCUT2D eigenvalue weighted by Crippen LogP contribution is -2.39. The van der Waals surface area contributed by atoms with E-state index < -0.39 is 0 Å². The van der Waals surface area contributed by atoms with Gasteiger partial charge < -0.3 is 10.4 Å². The standard InChI is InChI=1S/C20H21N7S/c1-2-4-16-15(3-1)23-17(28-16)11-26-9-6-13(7-10-26)18-19-14-5-8-21-20(14)22-12-27(19)25-24-18/h1-5,8,12-13,21,24-25H,6-7,9-11H2. The molecule has 8 heteroatoms. The minimum absolute atomic E-state index is 0.522. The van der Waals surface area contributed by atoms with Crippen molar-refractivity contribution in [3.63, 3.8) is 0 Å². The lowest BCUT2D eigenvalue weighted by molar-refractivity contribution is 0.188. The first-order valence-corrected chi connectivity index (χ1v) is 10.5. The van der Waals surface area contributed by atoms with Crippen LogP contribution in [0.1, 0.15) is 23.4 Å². The van der Waals surface area contributed by atoms with Crippen LogP contribution in [-0.2, 0) is 6.54 Å². The Morgan fingerprint density at radius 3 is 2.93 bits per heavy atom. The summed E-state index contributed by atoms with van der Waals surface area (Å²) >= 11 is 1.82. The first-order valence-electron chi connectivity index (χ1n) is 9.69. The molecule has 1 aromatic carbocycles. The van der Waals surface area contributed by atoms with E-state index >= 15 is 0 Å². The summed E-state index contributed by atoms with van der Waals surface area (Å²) in [5, 5.41) is 3.20. The highest BCUT2D eigenvalue weighted by Crippen LogP contribution is 2.38. The van der Waals surface area contributed by atoms with E-state index in [-0.39, 0.29) is 0 Å². The average Bonchev–Trinajstić information content (AvgIpc) is 3.45. The van der Waals surface area contributed by atoms with Crippen LogP contribution in [0.2, 0.25) is 0 Å². The number of likely N-dealkylation sites (tertiary alicyclic amines) is 1. The second kappa shape index (κ2) is 6.44. The van der Waals surface area contributed by atoms with Crippen LogP contribution in [0.5, 0.6) is 0 Å². The fourth-order valence-electron chi connectivity index (χ4n) is 4.35. The molecule has 1 fully saturated rings. The van der Waals surface area contributed by atoms with E-state index in [0.717, 1.165) is 49.4 Å². The number of nitrogens with one attached hydrogen (secondary N) is 3. The maximum absolute atomic E-state index is 4.80. The summed E-state index contributed by atoms with van der Waals surface area (Å²) in [5.74, 6) is 1.45. The highest BCUT2D eigenvalue weighted by Gasteiger charge is 2.33. The van der Waals surface area contributed by atoms with Crippen LogP contribution in [0.3, 0.4) is 0 Å². The van der Waals surface area contributed by atoms with E-state index in [0.29, 0.717) is 5.92 Å². The zero-order valence-corrected chi connectivity index (χ0v) is 16.2. The predicted octanol–water partition coefficient (Wildman–Crippen LogP) is 3.20. The number of H-pyrrole nitrogens is 1. The molecule has 2 aromatic heterocycles. The quantitative estimate of drug-likeness (QED) is 0.640. The number of nitrogens with zero attached hydrogens (tertiary/aromatic N) is 4. The number of rotatable bonds is 3. The molecule has 7 nitrogen and oxygen atoms in total.